The highest BCUT2D eigenvalue weighted by molar-refractivity contribution is 5.77. The SMILES string of the molecule is NC(=O)C1CCC(CNC(=O)CCCCCCCCCCCCCCCCCCC(=O)O)CC1. The molecule has 0 aromatic heterocycles. The molecule has 1 saturated carbocycles. The lowest BCUT2D eigenvalue weighted by molar-refractivity contribution is -0.137. The Hall–Kier alpha value is -1.59. The summed E-state index contributed by atoms with van der Waals surface area (Å²) in [6, 6.07) is 0. The molecule has 0 aliphatic heterocycles. The molecule has 0 bridgehead atoms. The monoisotopic (exact) mass is 480 g/mol. The van der Waals surface area contributed by atoms with Gasteiger partial charge in [-0.2, -0.15) is 0 Å². The molecule has 1 aliphatic carbocycles. The average Bonchev–Trinajstić information content (AvgIpc) is 2.82. The number of hydrogen-bond acceptors (Lipinski definition) is 3. The summed E-state index contributed by atoms with van der Waals surface area (Å²) in [6.45, 7) is 0.749. The van der Waals surface area contributed by atoms with Gasteiger partial charge < -0.3 is 16.2 Å². The van der Waals surface area contributed by atoms with Gasteiger partial charge in [0.2, 0.25) is 11.8 Å². The number of hydrogen-bond donors (Lipinski definition) is 3. The quantitative estimate of drug-likeness (QED) is 0.154. The molecule has 6 nitrogen and oxygen atoms in total. The van der Waals surface area contributed by atoms with Gasteiger partial charge in [-0.1, -0.05) is 89.9 Å². The highest BCUT2D eigenvalue weighted by Gasteiger charge is 2.24. The van der Waals surface area contributed by atoms with E-state index in [1.807, 2.05) is 0 Å². The molecule has 1 aliphatic rings. The van der Waals surface area contributed by atoms with Crippen molar-refractivity contribution < 1.29 is 19.5 Å². The van der Waals surface area contributed by atoms with Gasteiger partial charge in [0.1, 0.15) is 0 Å². The maximum atomic E-state index is 12.0. The number of unbranched alkanes of at least 4 members (excludes halogenated alkanes) is 15. The van der Waals surface area contributed by atoms with Crippen LogP contribution in [0.4, 0.5) is 0 Å². The van der Waals surface area contributed by atoms with Crippen molar-refractivity contribution in [1.82, 2.24) is 5.32 Å². The van der Waals surface area contributed by atoms with Crippen LogP contribution in [0.25, 0.3) is 0 Å². The predicted molar refractivity (Wildman–Crippen MR) is 138 cm³/mol. The average molecular weight is 481 g/mol. The van der Waals surface area contributed by atoms with Crippen molar-refractivity contribution in [2.24, 2.45) is 17.6 Å². The molecule has 0 unspecified atom stereocenters. The first-order valence-corrected chi connectivity index (χ1v) is 14.3. The zero-order valence-electron chi connectivity index (χ0n) is 21.7. The third kappa shape index (κ3) is 17.8. The summed E-state index contributed by atoms with van der Waals surface area (Å²) in [5, 5.41) is 11.7. The first kappa shape index (κ1) is 30.4. The van der Waals surface area contributed by atoms with E-state index < -0.39 is 5.97 Å². The van der Waals surface area contributed by atoms with Crippen LogP contribution in [0, 0.1) is 11.8 Å². The molecule has 0 aromatic rings. The number of nitrogens with one attached hydrogen (secondary N) is 1. The molecule has 6 heteroatoms. The summed E-state index contributed by atoms with van der Waals surface area (Å²) < 4.78 is 0. The lowest BCUT2D eigenvalue weighted by Gasteiger charge is -2.26. The van der Waals surface area contributed by atoms with Gasteiger partial charge in [-0.25, -0.2) is 0 Å². The van der Waals surface area contributed by atoms with Crippen LogP contribution in [0.5, 0.6) is 0 Å². The second-order valence-electron chi connectivity index (χ2n) is 10.5. The van der Waals surface area contributed by atoms with Crippen molar-refractivity contribution >= 4 is 17.8 Å². The smallest absolute Gasteiger partial charge is 0.303 e. The molecule has 0 spiro atoms. The second kappa shape index (κ2) is 20.8. The number of nitrogens with two attached hydrogens (primary N) is 1. The lowest BCUT2D eigenvalue weighted by atomic mass is 9.81. The maximum absolute atomic E-state index is 12.0. The van der Waals surface area contributed by atoms with Gasteiger partial charge in [0.15, 0.2) is 0 Å². The Morgan fingerprint density at radius 2 is 1.00 bits per heavy atom. The molecular formula is C28H52N2O4. The van der Waals surface area contributed by atoms with E-state index in [2.05, 4.69) is 5.32 Å². The summed E-state index contributed by atoms with van der Waals surface area (Å²) in [4.78, 5) is 33.7. The molecule has 2 amide bonds. The van der Waals surface area contributed by atoms with Crippen LogP contribution in [-0.4, -0.2) is 29.4 Å². The lowest BCUT2D eigenvalue weighted by Crippen LogP contribution is -2.33. The second-order valence-corrected chi connectivity index (χ2v) is 10.5. The predicted octanol–water partition coefficient (Wildman–Crippen LogP) is 6.50. The van der Waals surface area contributed by atoms with E-state index in [0.29, 0.717) is 18.8 Å². The fraction of sp³-hybridized carbons (Fsp3) is 0.893. The summed E-state index contributed by atoms with van der Waals surface area (Å²) in [5.41, 5.74) is 5.38. The fourth-order valence-corrected chi connectivity index (χ4v) is 5.03. The van der Waals surface area contributed by atoms with E-state index in [-0.39, 0.29) is 17.7 Å². The molecule has 1 rings (SSSR count). The number of amides is 2. The number of carboxylic acid groups (broad SMARTS) is 1. The van der Waals surface area contributed by atoms with E-state index in [4.69, 9.17) is 10.8 Å². The van der Waals surface area contributed by atoms with Crippen molar-refractivity contribution in [2.75, 3.05) is 6.54 Å². The molecule has 0 atom stereocenters. The number of aliphatic carboxylic acids is 1. The molecule has 198 valence electrons. The topological polar surface area (TPSA) is 109 Å². The van der Waals surface area contributed by atoms with E-state index in [0.717, 1.165) is 57.9 Å². The Labute approximate surface area is 208 Å². The third-order valence-corrected chi connectivity index (χ3v) is 7.38. The summed E-state index contributed by atoms with van der Waals surface area (Å²) in [7, 11) is 0. The van der Waals surface area contributed by atoms with Crippen molar-refractivity contribution in [3.8, 4) is 0 Å². The summed E-state index contributed by atoms with van der Waals surface area (Å²) in [5.74, 6) is -0.129. The Morgan fingerprint density at radius 1 is 0.618 bits per heavy atom. The van der Waals surface area contributed by atoms with Crippen LogP contribution >= 0.6 is 0 Å². The van der Waals surface area contributed by atoms with Crippen LogP contribution in [0.1, 0.15) is 141 Å². The van der Waals surface area contributed by atoms with Crippen LogP contribution in [0.3, 0.4) is 0 Å². The van der Waals surface area contributed by atoms with Gasteiger partial charge in [-0.05, 0) is 44.4 Å². The molecule has 0 aromatic carbocycles. The van der Waals surface area contributed by atoms with E-state index >= 15 is 0 Å². The molecule has 0 heterocycles. The number of carbonyl (C=O) groups is 3. The minimum absolute atomic E-state index is 0.0390. The Bertz CT molecular complexity index is 545. The minimum atomic E-state index is -0.672. The zero-order chi connectivity index (χ0) is 24.9. The number of carboxylic acids is 1. The standard InChI is InChI=1S/C28H52N2O4/c29-28(34)25-21-19-24(20-22-25)23-30-26(31)17-15-13-11-9-7-5-3-1-2-4-6-8-10-12-14-16-18-27(32)33/h24-25H,1-23H2,(H2,29,34)(H,30,31)(H,32,33). The minimum Gasteiger partial charge on any atom is -0.481 e. The number of rotatable bonds is 22. The van der Waals surface area contributed by atoms with Crippen molar-refractivity contribution in [3.05, 3.63) is 0 Å². The molecule has 34 heavy (non-hydrogen) atoms. The summed E-state index contributed by atoms with van der Waals surface area (Å²) >= 11 is 0. The van der Waals surface area contributed by atoms with Crippen LogP contribution < -0.4 is 11.1 Å². The Morgan fingerprint density at radius 3 is 1.38 bits per heavy atom. The van der Waals surface area contributed by atoms with Gasteiger partial charge in [-0.15, -0.1) is 0 Å². The number of carbonyl (C=O) groups excluding carboxylic acids is 2. The highest BCUT2D eigenvalue weighted by Crippen LogP contribution is 2.28. The fourth-order valence-electron chi connectivity index (χ4n) is 5.03. The molecule has 0 saturated heterocycles. The molecule has 1 fully saturated rings. The van der Waals surface area contributed by atoms with Crippen LogP contribution in [-0.2, 0) is 14.4 Å². The zero-order valence-corrected chi connectivity index (χ0v) is 21.7. The van der Waals surface area contributed by atoms with Gasteiger partial charge in [-0.3, -0.25) is 14.4 Å². The van der Waals surface area contributed by atoms with E-state index in [1.165, 1.54) is 77.0 Å². The molecule has 4 N–H and O–H groups in total. The van der Waals surface area contributed by atoms with Crippen LogP contribution in [0.2, 0.25) is 0 Å². The van der Waals surface area contributed by atoms with E-state index in [9.17, 15) is 14.4 Å². The largest absolute Gasteiger partial charge is 0.481 e. The first-order valence-electron chi connectivity index (χ1n) is 14.3. The summed E-state index contributed by atoms with van der Waals surface area (Å²) in [6.07, 6.45) is 24.3. The van der Waals surface area contributed by atoms with Gasteiger partial charge in [0.25, 0.3) is 0 Å². The third-order valence-electron chi connectivity index (χ3n) is 7.38. The van der Waals surface area contributed by atoms with Crippen molar-refractivity contribution in [3.63, 3.8) is 0 Å². The Balaban J connectivity index is 1.76. The number of primary amides is 1. The maximum Gasteiger partial charge on any atom is 0.303 e. The molecular weight excluding hydrogens is 428 g/mol. The normalized spacial score (nSPS) is 18.0. The first-order chi connectivity index (χ1) is 16.5. The van der Waals surface area contributed by atoms with Gasteiger partial charge in [0.05, 0.1) is 0 Å². The van der Waals surface area contributed by atoms with Gasteiger partial charge >= 0.3 is 5.97 Å². The van der Waals surface area contributed by atoms with E-state index in [1.54, 1.807) is 0 Å². The van der Waals surface area contributed by atoms with Crippen molar-refractivity contribution in [2.45, 2.75) is 141 Å². The van der Waals surface area contributed by atoms with Gasteiger partial charge in [0, 0.05) is 25.3 Å². The highest BCUT2D eigenvalue weighted by atomic mass is 16.4. The molecule has 0 radical (unpaired) electrons. The Kier molecular flexibility index (Phi) is 18.6. The van der Waals surface area contributed by atoms with Crippen LogP contribution in [0.15, 0.2) is 0 Å². The van der Waals surface area contributed by atoms with Crippen molar-refractivity contribution in [1.29, 1.82) is 0 Å².